The summed E-state index contributed by atoms with van der Waals surface area (Å²) in [5.74, 6) is 0. The Morgan fingerprint density at radius 1 is 1.17 bits per heavy atom. The van der Waals surface area contributed by atoms with Crippen molar-refractivity contribution in [2.45, 2.75) is 12.8 Å². The van der Waals surface area contributed by atoms with Gasteiger partial charge in [-0.3, -0.25) is 0 Å². The first-order valence-corrected chi connectivity index (χ1v) is 4.17. The fourth-order valence-corrected chi connectivity index (χ4v) is 1.07. The van der Waals surface area contributed by atoms with E-state index in [1.165, 1.54) is 5.56 Å². The Kier molecular flexibility index (Phi) is 3.93. The number of rotatable bonds is 4. The van der Waals surface area contributed by atoms with Crippen LogP contribution < -0.4 is 0 Å². The summed E-state index contributed by atoms with van der Waals surface area (Å²) in [5, 5.41) is 0. The van der Waals surface area contributed by atoms with Gasteiger partial charge < -0.3 is 0 Å². The minimum absolute atomic E-state index is 1.05. The summed E-state index contributed by atoms with van der Waals surface area (Å²) in [6.07, 6.45) is 7.66. The second-order valence-corrected chi connectivity index (χ2v) is 2.64. The molecule has 0 heteroatoms. The van der Waals surface area contributed by atoms with E-state index in [4.69, 9.17) is 6.58 Å². The zero-order valence-corrected chi connectivity index (χ0v) is 7.11. The van der Waals surface area contributed by atoms with E-state index in [0.29, 0.717) is 0 Å². The summed E-state index contributed by atoms with van der Waals surface area (Å²) in [6.45, 7) is 5.20. The van der Waals surface area contributed by atoms with Crippen molar-refractivity contribution >= 4 is 0 Å². The van der Waals surface area contributed by atoms with Crippen molar-refractivity contribution in [3.8, 4) is 0 Å². The van der Waals surface area contributed by atoms with Gasteiger partial charge in [-0.05, 0) is 18.4 Å². The van der Waals surface area contributed by atoms with Crippen LogP contribution >= 0.6 is 0 Å². The SMILES string of the molecule is [CH]=CC=CCCc1ccccc1. The Morgan fingerprint density at radius 3 is 2.58 bits per heavy atom. The van der Waals surface area contributed by atoms with Gasteiger partial charge in [0, 0.05) is 0 Å². The fourth-order valence-electron chi connectivity index (χ4n) is 1.07. The van der Waals surface area contributed by atoms with E-state index >= 15 is 0 Å². The maximum Gasteiger partial charge on any atom is -0.0244 e. The van der Waals surface area contributed by atoms with Gasteiger partial charge in [-0.15, -0.1) is 0 Å². The minimum Gasteiger partial charge on any atom is -0.0842 e. The summed E-state index contributed by atoms with van der Waals surface area (Å²) in [4.78, 5) is 0. The van der Waals surface area contributed by atoms with Crippen LogP contribution in [0, 0.1) is 6.58 Å². The molecular formula is C12H13. The van der Waals surface area contributed by atoms with Crippen molar-refractivity contribution in [1.82, 2.24) is 0 Å². The average molecular weight is 157 g/mol. The van der Waals surface area contributed by atoms with Gasteiger partial charge in [-0.1, -0.05) is 55.1 Å². The molecule has 0 unspecified atom stereocenters. The molecule has 0 N–H and O–H groups in total. The molecule has 1 radical (unpaired) electrons. The van der Waals surface area contributed by atoms with Crippen molar-refractivity contribution in [2.24, 2.45) is 0 Å². The van der Waals surface area contributed by atoms with E-state index in [1.807, 2.05) is 12.1 Å². The Balaban J connectivity index is 2.33. The molecular weight excluding hydrogens is 144 g/mol. The van der Waals surface area contributed by atoms with Crippen LogP contribution in [0.2, 0.25) is 0 Å². The third-order valence-corrected chi connectivity index (χ3v) is 1.69. The summed E-state index contributed by atoms with van der Waals surface area (Å²) in [6, 6.07) is 10.4. The lowest BCUT2D eigenvalue weighted by Crippen LogP contribution is -1.80. The monoisotopic (exact) mass is 157 g/mol. The molecule has 0 saturated heterocycles. The quantitative estimate of drug-likeness (QED) is 0.589. The molecule has 61 valence electrons. The minimum atomic E-state index is 1.05. The number of allylic oxidation sites excluding steroid dienone is 3. The van der Waals surface area contributed by atoms with Crippen LogP contribution in [0.15, 0.2) is 48.6 Å². The Bertz CT molecular complexity index is 244. The Hall–Kier alpha value is -1.30. The smallest absolute Gasteiger partial charge is 0.0244 e. The Morgan fingerprint density at radius 2 is 1.92 bits per heavy atom. The van der Waals surface area contributed by atoms with Gasteiger partial charge in [0.1, 0.15) is 0 Å². The zero-order valence-electron chi connectivity index (χ0n) is 7.11. The van der Waals surface area contributed by atoms with Crippen LogP contribution in [0.3, 0.4) is 0 Å². The molecule has 1 rings (SSSR count). The molecule has 12 heavy (non-hydrogen) atoms. The zero-order chi connectivity index (χ0) is 8.65. The number of aryl methyl sites for hydroxylation is 1. The topological polar surface area (TPSA) is 0 Å². The molecule has 0 spiro atoms. The molecule has 0 bridgehead atoms. The highest BCUT2D eigenvalue weighted by Crippen LogP contribution is 2.02. The second kappa shape index (κ2) is 5.36. The average Bonchev–Trinajstić information content (AvgIpc) is 2.14. The van der Waals surface area contributed by atoms with E-state index in [-0.39, 0.29) is 0 Å². The third kappa shape index (κ3) is 3.20. The van der Waals surface area contributed by atoms with Gasteiger partial charge in [0.25, 0.3) is 0 Å². The first kappa shape index (κ1) is 8.79. The number of hydrogen-bond donors (Lipinski definition) is 0. The molecule has 0 aliphatic carbocycles. The highest BCUT2D eigenvalue weighted by molar-refractivity contribution is 5.15. The lowest BCUT2D eigenvalue weighted by Gasteiger charge is -1.95. The van der Waals surface area contributed by atoms with Crippen LogP contribution in [0.5, 0.6) is 0 Å². The van der Waals surface area contributed by atoms with Gasteiger partial charge in [-0.2, -0.15) is 0 Å². The summed E-state index contributed by atoms with van der Waals surface area (Å²) in [5.41, 5.74) is 1.37. The van der Waals surface area contributed by atoms with Crippen molar-refractivity contribution < 1.29 is 0 Å². The first-order chi connectivity index (χ1) is 5.93. The number of benzene rings is 1. The maximum absolute atomic E-state index is 5.20. The first-order valence-electron chi connectivity index (χ1n) is 4.17. The van der Waals surface area contributed by atoms with Gasteiger partial charge in [-0.25, -0.2) is 0 Å². The standard InChI is InChI=1S/C12H13/c1-2-3-4-6-9-12-10-7-5-8-11-12/h1-5,7-8,10-11H,6,9H2. The van der Waals surface area contributed by atoms with E-state index < -0.39 is 0 Å². The van der Waals surface area contributed by atoms with Crippen LogP contribution in [-0.2, 0) is 6.42 Å². The molecule has 1 aromatic carbocycles. The number of hydrogen-bond acceptors (Lipinski definition) is 0. The lowest BCUT2D eigenvalue weighted by atomic mass is 10.1. The predicted molar refractivity (Wildman–Crippen MR) is 52.8 cm³/mol. The highest BCUT2D eigenvalue weighted by Gasteiger charge is 1.86. The van der Waals surface area contributed by atoms with Gasteiger partial charge >= 0.3 is 0 Å². The molecule has 0 amide bonds. The molecule has 0 aliphatic rings. The van der Waals surface area contributed by atoms with E-state index in [0.717, 1.165) is 12.8 Å². The van der Waals surface area contributed by atoms with Crippen molar-refractivity contribution in [3.05, 3.63) is 60.7 Å². The summed E-state index contributed by atoms with van der Waals surface area (Å²) >= 11 is 0. The molecule has 0 nitrogen and oxygen atoms in total. The Labute approximate surface area is 74.2 Å². The maximum atomic E-state index is 5.20. The van der Waals surface area contributed by atoms with Crippen LogP contribution in [0.25, 0.3) is 0 Å². The van der Waals surface area contributed by atoms with E-state index in [2.05, 4.69) is 30.3 Å². The second-order valence-electron chi connectivity index (χ2n) is 2.64. The van der Waals surface area contributed by atoms with Crippen LogP contribution in [0.1, 0.15) is 12.0 Å². The molecule has 0 fully saturated rings. The lowest BCUT2D eigenvalue weighted by molar-refractivity contribution is 1.00. The highest BCUT2D eigenvalue weighted by atomic mass is 13.9. The fraction of sp³-hybridized carbons (Fsp3) is 0.167. The van der Waals surface area contributed by atoms with Gasteiger partial charge in [0.05, 0.1) is 0 Å². The van der Waals surface area contributed by atoms with Crippen molar-refractivity contribution in [2.75, 3.05) is 0 Å². The molecule has 0 atom stereocenters. The summed E-state index contributed by atoms with van der Waals surface area (Å²) < 4.78 is 0. The van der Waals surface area contributed by atoms with E-state index in [1.54, 1.807) is 6.08 Å². The normalized spacial score (nSPS) is 10.3. The molecule has 1 aromatic rings. The molecule has 0 aromatic heterocycles. The van der Waals surface area contributed by atoms with Crippen molar-refractivity contribution in [3.63, 3.8) is 0 Å². The van der Waals surface area contributed by atoms with Gasteiger partial charge in [0.15, 0.2) is 0 Å². The summed E-state index contributed by atoms with van der Waals surface area (Å²) in [7, 11) is 0. The molecule has 0 saturated carbocycles. The largest absolute Gasteiger partial charge is 0.0842 e. The molecule has 0 heterocycles. The van der Waals surface area contributed by atoms with Crippen LogP contribution in [0.4, 0.5) is 0 Å². The van der Waals surface area contributed by atoms with Gasteiger partial charge in [0.2, 0.25) is 0 Å². The van der Waals surface area contributed by atoms with Crippen LogP contribution in [-0.4, -0.2) is 0 Å². The molecule has 0 aliphatic heterocycles. The van der Waals surface area contributed by atoms with E-state index in [9.17, 15) is 0 Å². The third-order valence-electron chi connectivity index (χ3n) is 1.69. The predicted octanol–water partition coefficient (Wildman–Crippen LogP) is 3.16. The van der Waals surface area contributed by atoms with Crippen molar-refractivity contribution in [1.29, 1.82) is 0 Å².